The Kier molecular flexibility index (Phi) is 6.87. The third-order valence-corrected chi connectivity index (χ3v) is 5.68. The van der Waals surface area contributed by atoms with Crippen molar-refractivity contribution in [1.82, 2.24) is 9.80 Å². The minimum atomic E-state index is -1.59. The highest BCUT2D eigenvalue weighted by Gasteiger charge is 2.27. The first-order chi connectivity index (χ1) is 15.5. The molecule has 4 nitrogen and oxygen atoms in total. The molecule has 1 saturated heterocycles. The van der Waals surface area contributed by atoms with E-state index in [0.29, 0.717) is 13.1 Å². The largest absolute Gasteiger partial charge is 0.322 e. The van der Waals surface area contributed by atoms with Crippen molar-refractivity contribution in [2.45, 2.75) is 6.04 Å². The molecule has 7 heteroatoms. The highest BCUT2D eigenvalue weighted by Crippen LogP contribution is 2.29. The SMILES string of the molecule is O=C(CN1CCN(C(c2ccccc2)c2ccccc2)CC1)Nc1ccc(F)c(F)c1F. The molecule has 0 aromatic heterocycles. The molecule has 0 saturated carbocycles. The molecule has 4 rings (SSSR count). The van der Waals surface area contributed by atoms with E-state index in [4.69, 9.17) is 0 Å². The molecular weight excluding hydrogens is 415 g/mol. The predicted molar refractivity (Wildman–Crippen MR) is 118 cm³/mol. The van der Waals surface area contributed by atoms with Gasteiger partial charge in [-0.3, -0.25) is 14.6 Å². The highest BCUT2D eigenvalue weighted by atomic mass is 19.2. The number of hydrogen-bond donors (Lipinski definition) is 1. The highest BCUT2D eigenvalue weighted by molar-refractivity contribution is 5.92. The average Bonchev–Trinajstić information content (AvgIpc) is 2.82. The van der Waals surface area contributed by atoms with Crippen LogP contribution >= 0.6 is 0 Å². The second kappa shape index (κ2) is 9.97. The average molecular weight is 439 g/mol. The number of nitrogens with one attached hydrogen (secondary N) is 1. The summed E-state index contributed by atoms with van der Waals surface area (Å²) in [7, 11) is 0. The fourth-order valence-electron chi connectivity index (χ4n) is 4.08. The van der Waals surface area contributed by atoms with E-state index in [1.54, 1.807) is 0 Å². The van der Waals surface area contributed by atoms with Gasteiger partial charge in [0.15, 0.2) is 17.5 Å². The predicted octanol–water partition coefficient (Wildman–Crippen LogP) is 4.45. The fourth-order valence-corrected chi connectivity index (χ4v) is 4.08. The summed E-state index contributed by atoms with van der Waals surface area (Å²) in [6, 6.07) is 22.5. The van der Waals surface area contributed by atoms with Gasteiger partial charge in [-0.15, -0.1) is 0 Å². The number of benzene rings is 3. The number of rotatable bonds is 6. The van der Waals surface area contributed by atoms with Gasteiger partial charge < -0.3 is 5.32 Å². The van der Waals surface area contributed by atoms with Crippen molar-refractivity contribution in [2.75, 3.05) is 38.0 Å². The molecule has 1 aliphatic rings. The Morgan fingerprint density at radius 3 is 1.91 bits per heavy atom. The van der Waals surface area contributed by atoms with E-state index in [2.05, 4.69) is 34.5 Å². The molecule has 32 heavy (non-hydrogen) atoms. The number of carbonyl (C=O) groups is 1. The first-order valence-corrected chi connectivity index (χ1v) is 10.5. The van der Waals surface area contributed by atoms with Gasteiger partial charge in [-0.2, -0.15) is 0 Å². The topological polar surface area (TPSA) is 35.6 Å². The summed E-state index contributed by atoms with van der Waals surface area (Å²) in [4.78, 5) is 16.7. The molecule has 0 aliphatic carbocycles. The number of carbonyl (C=O) groups excluding carboxylic acids is 1. The van der Waals surface area contributed by atoms with Crippen LogP contribution in [-0.4, -0.2) is 48.4 Å². The van der Waals surface area contributed by atoms with Gasteiger partial charge in [-0.25, -0.2) is 13.2 Å². The van der Waals surface area contributed by atoms with Crippen molar-refractivity contribution in [3.63, 3.8) is 0 Å². The summed E-state index contributed by atoms with van der Waals surface area (Å²) in [5.41, 5.74) is 2.05. The van der Waals surface area contributed by atoms with Crippen molar-refractivity contribution in [3.8, 4) is 0 Å². The molecule has 0 unspecified atom stereocenters. The lowest BCUT2D eigenvalue weighted by molar-refractivity contribution is -0.117. The van der Waals surface area contributed by atoms with Gasteiger partial charge in [0.05, 0.1) is 18.3 Å². The lowest BCUT2D eigenvalue weighted by atomic mass is 9.96. The zero-order valence-corrected chi connectivity index (χ0v) is 17.5. The van der Waals surface area contributed by atoms with Crippen molar-refractivity contribution in [2.24, 2.45) is 0 Å². The van der Waals surface area contributed by atoms with Crippen molar-refractivity contribution in [1.29, 1.82) is 0 Å². The quantitative estimate of drug-likeness (QED) is 0.577. The summed E-state index contributed by atoms with van der Waals surface area (Å²) < 4.78 is 40.3. The molecule has 1 amide bonds. The Hall–Kier alpha value is -3.16. The molecule has 1 N–H and O–H groups in total. The molecule has 0 spiro atoms. The molecule has 3 aromatic rings. The maximum absolute atomic E-state index is 13.8. The van der Waals surface area contributed by atoms with Crippen molar-refractivity contribution in [3.05, 3.63) is 101 Å². The molecule has 1 aliphatic heterocycles. The number of anilines is 1. The van der Waals surface area contributed by atoms with Gasteiger partial charge in [0, 0.05) is 26.2 Å². The van der Waals surface area contributed by atoms with E-state index >= 15 is 0 Å². The van der Waals surface area contributed by atoms with Crippen LogP contribution in [0.15, 0.2) is 72.8 Å². The van der Waals surface area contributed by atoms with Gasteiger partial charge in [-0.05, 0) is 23.3 Å². The number of piperazine rings is 1. The van der Waals surface area contributed by atoms with E-state index in [-0.39, 0.29) is 18.3 Å². The Morgan fingerprint density at radius 2 is 1.34 bits per heavy atom. The first-order valence-electron chi connectivity index (χ1n) is 10.5. The summed E-state index contributed by atoms with van der Waals surface area (Å²) >= 11 is 0. The molecule has 3 aromatic carbocycles. The lowest BCUT2D eigenvalue weighted by Crippen LogP contribution is -2.49. The summed E-state index contributed by atoms with van der Waals surface area (Å²) in [5, 5.41) is 2.34. The standard InChI is InChI=1S/C25H24F3N3O/c26-20-11-12-21(24(28)23(20)27)29-22(32)17-30-13-15-31(16-14-30)25(18-7-3-1-4-8-18)19-9-5-2-6-10-19/h1-12,25H,13-17H2,(H,29,32). The first kappa shape index (κ1) is 22.0. The Balaban J connectivity index is 1.39. The zero-order chi connectivity index (χ0) is 22.5. The summed E-state index contributed by atoms with van der Waals surface area (Å²) in [6.45, 7) is 2.86. The zero-order valence-electron chi connectivity index (χ0n) is 17.5. The van der Waals surface area contributed by atoms with Crippen LogP contribution in [0.1, 0.15) is 17.2 Å². The second-order valence-electron chi connectivity index (χ2n) is 7.81. The lowest BCUT2D eigenvalue weighted by Gasteiger charge is -2.39. The van der Waals surface area contributed by atoms with Gasteiger partial charge in [0.25, 0.3) is 0 Å². The van der Waals surface area contributed by atoms with Gasteiger partial charge >= 0.3 is 0 Å². The minimum Gasteiger partial charge on any atom is -0.322 e. The second-order valence-corrected chi connectivity index (χ2v) is 7.81. The molecule has 1 heterocycles. The van der Waals surface area contributed by atoms with Crippen LogP contribution in [0.25, 0.3) is 0 Å². The van der Waals surface area contributed by atoms with Crippen LogP contribution in [0.2, 0.25) is 0 Å². The van der Waals surface area contributed by atoms with Crippen molar-refractivity contribution < 1.29 is 18.0 Å². The number of nitrogens with zero attached hydrogens (tertiary/aromatic N) is 2. The van der Waals surface area contributed by atoms with E-state index in [1.165, 1.54) is 11.1 Å². The normalized spacial score (nSPS) is 15.1. The number of halogens is 3. The Bertz CT molecular complexity index is 1020. The number of amides is 1. The van der Waals surface area contributed by atoms with Crippen LogP contribution < -0.4 is 5.32 Å². The van der Waals surface area contributed by atoms with Crippen LogP contribution in [0.3, 0.4) is 0 Å². The van der Waals surface area contributed by atoms with Gasteiger partial charge in [0.2, 0.25) is 5.91 Å². The summed E-state index contributed by atoms with van der Waals surface area (Å²) in [5.74, 6) is -4.74. The monoisotopic (exact) mass is 439 g/mol. The molecule has 1 fully saturated rings. The Labute approximate surface area is 185 Å². The van der Waals surface area contributed by atoms with Gasteiger partial charge in [0.1, 0.15) is 0 Å². The Morgan fingerprint density at radius 1 is 0.781 bits per heavy atom. The molecule has 166 valence electrons. The van der Waals surface area contributed by atoms with Crippen LogP contribution in [-0.2, 0) is 4.79 Å². The van der Waals surface area contributed by atoms with E-state index in [9.17, 15) is 18.0 Å². The minimum absolute atomic E-state index is 0.0492. The smallest absolute Gasteiger partial charge is 0.238 e. The van der Waals surface area contributed by atoms with Crippen molar-refractivity contribution >= 4 is 11.6 Å². The molecule has 0 radical (unpaired) electrons. The van der Waals surface area contributed by atoms with Crippen LogP contribution in [0.5, 0.6) is 0 Å². The van der Waals surface area contributed by atoms with Crippen LogP contribution in [0, 0.1) is 17.5 Å². The summed E-state index contributed by atoms with van der Waals surface area (Å²) in [6.07, 6.45) is 0. The van der Waals surface area contributed by atoms with Gasteiger partial charge in [-0.1, -0.05) is 60.7 Å². The molecule has 0 bridgehead atoms. The molecular formula is C25H24F3N3O. The fraction of sp³-hybridized carbons (Fsp3) is 0.240. The van der Waals surface area contributed by atoms with E-state index < -0.39 is 23.4 Å². The van der Waals surface area contributed by atoms with E-state index in [1.807, 2.05) is 41.3 Å². The van der Waals surface area contributed by atoms with Crippen LogP contribution in [0.4, 0.5) is 18.9 Å². The third kappa shape index (κ3) is 5.00. The molecule has 0 atom stereocenters. The maximum Gasteiger partial charge on any atom is 0.238 e. The van der Waals surface area contributed by atoms with E-state index in [0.717, 1.165) is 25.2 Å². The number of hydrogen-bond acceptors (Lipinski definition) is 3. The third-order valence-electron chi connectivity index (χ3n) is 5.68. The maximum atomic E-state index is 13.8.